The van der Waals surface area contributed by atoms with E-state index in [1.54, 1.807) is 31.2 Å². The van der Waals surface area contributed by atoms with Crippen LogP contribution in [-0.4, -0.2) is 33.7 Å². The number of halogens is 2. The number of nitrogens with one attached hydrogen (secondary N) is 1. The number of hydrogen-bond acceptors (Lipinski definition) is 4. The summed E-state index contributed by atoms with van der Waals surface area (Å²) in [5, 5.41) is 2.13. The van der Waals surface area contributed by atoms with Gasteiger partial charge in [-0.3, -0.25) is 9.10 Å². The van der Waals surface area contributed by atoms with E-state index in [1.165, 1.54) is 6.07 Å². The number of ether oxygens (including phenoxy) is 1. The second-order valence-electron chi connectivity index (χ2n) is 5.63. The van der Waals surface area contributed by atoms with Gasteiger partial charge in [0.05, 0.1) is 18.6 Å². The van der Waals surface area contributed by atoms with Crippen molar-refractivity contribution in [2.45, 2.75) is 13.3 Å². The summed E-state index contributed by atoms with van der Waals surface area (Å²) in [5.74, 6) is -2.19. The van der Waals surface area contributed by atoms with Crippen LogP contribution in [-0.2, 0) is 14.8 Å². The standard InChI is InChI=1S/C18H20F2N2O4S/c1-3-26-16-10-5-4-9-15(16)22(27(2,24)25)12-11-17(23)21-18-13(19)7-6-8-14(18)20/h4-10H,3,11-12H2,1-2H3,(H,21,23). The summed E-state index contributed by atoms with van der Waals surface area (Å²) in [4.78, 5) is 12.1. The molecular formula is C18H20F2N2O4S. The number of anilines is 2. The predicted octanol–water partition coefficient (Wildman–Crippen LogP) is 3.16. The Balaban J connectivity index is 2.18. The first kappa shape index (κ1) is 20.6. The summed E-state index contributed by atoms with van der Waals surface area (Å²) in [6, 6.07) is 9.72. The molecule has 0 heterocycles. The van der Waals surface area contributed by atoms with Crippen molar-refractivity contribution in [3.63, 3.8) is 0 Å². The van der Waals surface area contributed by atoms with E-state index in [2.05, 4.69) is 5.32 Å². The van der Waals surface area contributed by atoms with E-state index in [0.29, 0.717) is 12.4 Å². The molecule has 0 aliphatic heterocycles. The number of benzene rings is 2. The molecule has 27 heavy (non-hydrogen) atoms. The maximum atomic E-state index is 13.6. The number of amides is 1. The van der Waals surface area contributed by atoms with Crippen LogP contribution in [0.15, 0.2) is 42.5 Å². The van der Waals surface area contributed by atoms with Crippen molar-refractivity contribution >= 4 is 27.3 Å². The first-order valence-corrected chi connectivity index (χ1v) is 10.0. The Morgan fingerprint density at radius 1 is 1.11 bits per heavy atom. The van der Waals surface area contributed by atoms with Gasteiger partial charge in [-0.25, -0.2) is 17.2 Å². The van der Waals surface area contributed by atoms with E-state index in [4.69, 9.17) is 4.74 Å². The number of carbonyl (C=O) groups is 1. The lowest BCUT2D eigenvalue weighted by molar-refractivity contribution is -0.116. The highest BCUT2D eigenvalue weighted by molar-refractivity contribution is 7.92. The molecule has 0 spiro atoms. The molecule has 0 aliphatic rings. The quantitative estimate of drug-likeness (QED) is 0.741. The van der Waals surface area contributed by atoms with Crippen molar-refractivity contribution in [2.75, 3.05) is 29.0 Å². The lowest BCUT2D eigenvalue weighted by Crippen LogP contribution is -2.33. The fourth-order valence-corrected chi connectivity index (χ4v) is 3.36. The lowest BCUT2D eigenvalue weighted by atomic mass is 10.2. The molecule has 146 valence electrons. The van der Waals surface area contributed by atoms with Crippen LogP contribution < -0.4 is 14.4 Å². The Hall–Kier alpha value is -2.68. The highest BCUT2D eigenvalue weighted by atomic mass is 32.2. The van der Waals surface area contributed by atoms with Gasteiger partial charge >= 0.3 is 0 Å². The molecule has 0 aromatic heterocycles. The van der Waals surface area contributed by atoms with E-state index in [9.17, 15) is 22.0 Å². The molecule has 0 saturated heterocycles. The Bertz CT molecular complexity index is 899. The Kier molecular flexibility index (Phi) is 6.73. The van der Waals surface area contributed by atoms with Crippen molar-refractivity contribution in [1.29, 1.82) is 0 Å². The van der Waals surface area contributed by atoms with Crippen molar-refractivity contribution in [2.24, 2.45) is 0 Å². The van der Waals surface area contributed by atoms with Gasteiger partial charge < -0.3 is 10.1 Å². The number of carbonyl (C=O) groups excluding carboxylic acids is 1. The predicted molar refractivity (Wildman–Crippen MR) is 99.4 cm³/mol. The number of hydrogen-bond donors (Lipinski definition) is 1. The van der Waals surface area contributed by atoms with Gasteiger partial charge in [-0.2, -0.15) is 0 Å². The summed E-state index contributed by atoms with van der Waals surface area (Å²) in [7, 11) is -3.72. The summed E-state index contributed by atoms with van der Waals surface area (Å²) in [6.07, 6.45) is 0.700. The summed E-state index contributed by atoms with van der Waals surface area (Å²) >= 11 is 0. The first-order valence-electron chi connectivity index (χ1n) is 8.17. The number of nitrogens with zero attached hydrogens (tertiary/aromatic N) is 1. The van der Waals surface area contributed by atoms with E-state index in [-0.39, 0.29) is 18.7 Å². The molecule has 0 atom stereocenters. The largest absolute Gasteiger partial charge is 0.492 e. The third kappa shape index (κ3) is 5.40. The van der Waals surface area contributed by atoms with Gasteiger partial charge in [0, 0.05) is 13.0 Å². The maximum Gasteiger partial charge on any atom is 0.232 e. The fraction of sp³-hybridized carbons (Fsp3) is 0.278. The fourth-order valence-electron chi connectivity index (χ4n) is 2.43. The van der Waals surface area contributed by atoms with Crippen LogP contribution in [0.5, 0.6) is 5.75 Å². The van der Waals surface area contributed by atoms with Crippen molar-refractivity contribution in [3.05, 3.63) is 54.1 Å². The highest BCUT2D eigenvalue weighted by Crippen LogP contribution is 2.30. The second-order valence-corrected chi connectivity index (χ2v) is 7.54. The van der Waals surface area contributed by atoms with Gasteiger partial charge in [-0.1, -0.05) is 18.2 Å². The van der Waals surface area contributed by atoms with Crippen LogP contribution in [0.25, 0.3) is 0 Å². The zero-order valence-electron chi connectivity index (χ0n) is 14.9. The van der Waals surface area contributed by atoms with Crippen molar-refractivity contribution in [3.8, 4) is 5.75 Å². The maximum absolute atomic E-state index is 13.6. The van der Waals surface area contributed by atoms with Gasteiger partial charge in [0.15, 0.2) is 0 Å². The highest BCUT2D eigenvalue weighted by Gasteiger charge is 2.22. The Labute approximate surface area is 156 Å². The average Bonchev–Trinajstić information content (AvgIpc) is 2.59. The number of para-hydroxylation sites is 3. The molecule has 2 aromatic rings. The minimum atomic E-state index is -3.72. The summed E-state index contributed by atoms with van der Waals surface area (Å²) in [6.45, 7) is 1.88. The number of sulfonamides is 1. The van der Waals surface area contributed by atoms with Crippen LogP contribution in [0.2, 0.25) is 0 Å². The molecule has 0 unspecified atom stereocenters. The SMILES string of the molecule is CCOc1ccccc1N(CCC(=O)Nc1c(F)cccc1F)S(C)(=O)=O. The molecule has 0 fully saturated rings. The summed E-state index contributed by atoms with van der Waals surface area (Å²) in [5.41, 5.74) is -0.283. The van der Waals surface area contributed by atoms with Crippen LogP contribution in [0.3, 0.4) is 0 Å². The summed E-state index contributed by atoms with van der Waals surface area (Å²) < 4.78 is 58.1. The van der Waals surface area contributed by atoms with Crippen molar-refractivity contribution < 1.29 is 26.7 Å². The molecule has 6 nitrogen and oxygen atoms in total. The minimum Gasteiger partial charge on any atom is -0.492 e. The van der Waals surface area contributed by atoms with Crippen molar-refractivity contribution in [1.82, 2.24) is 0 Å². The molecule has 0 saturated carbocycles. The van der Waals surface area contributed by atoms with E-state index in [0.717, 1.165) is 22.7 Å². The normalized spacial score (nSPS) is 11.1. The van der Waals surface area contributed by atoms with Gasteiger partial charge in [0.25, 0.3) is 0 Å². The minimum absolute atomic E-state index is 0.217. The van der Waals surface area contributed by atoms with Gasteiger partial charge in [-0.15, -0.1) is 0 Å². The molecule has 0 radical (unpaired) electrons. The van der Waals surface area contributed by atoms with Gasteiger partial charge in [0.2, 0.25) is 15.9 Å². The molecule has 1 N–H and O–H groups in total. The Morgan fingerprint density at radius 2 is 1.74 bits per heavy atom. The molecular weight excluding hydrogens is 378 g/mol. The molecule has 2 rings (SSSR count). The molecule has 2 aromatic carbocycles. The van der Waals surface area contributed by atoms with Crippen LogP contribution in [0.1, 0.15) is 13.3 Å². The van der Waals surface area contributed by atoms with E-state index >= 15 is 0 Å². The zero-order valence-corrected chi connectivity index (χ0v) is 15.7. The third-order valence-corrected chi connectivity index (χ3v) is 4.78. The van der Waals surface area contributed by atoms with E-state index < -0.39 is 33.3 Å². The topological polar surface area (TPSA) is 75.7 Å². The molecule has 0 aliphatic carbocycles. The zero-order chi connectivity index (χ0) is 20.0. The van der Waals surface area contributed by atoms with Crippen LogP contribution >= 0.6 is 0 Å². The second kappa shape index (κ2) is 8.81. The van der Waals surface area contributed by atoms with Gasteiger partial charge in [0.1, 0.15) is 23.1 Å². The van der Waals surface area contributed by atoms with E-state index in [1.807, 2.05) is 0 Å². The first-order chi connectivity index (χ1) is 12.7. The molecule has 9 heteroatoms. The smallest absolute Gasteiger partial charge is 0.232 e. The van der Waals surface area contributed by atoms with Gasteiger partial charge in [-0.05, 0) is 31.2 Å². The third-order valence-electron chi connectivity index (χ3n) is 3.60. The Morgan fingerprint density at radius 3 is 2.33 bits per heavy atom. The van der Waals surface area contributed by atoms with Crippen LogP contribution in [0.4, 0.5) is 20.2 Å². The number of rotatable bonds is 8. The van der Waals surface area contributed by atoms with Crippen LogP contribution in [0, 0.1) is 11.6 Å². The average molecular weight is 398 g/mol. The lowest BCUT2D eigenvalue weighted by Gasteiger charge is -2.24. The monoisotopic (exact) mass is 398 g/mol. The molecule has 0 bridgehead atoms. The molecule has 1 amide bonds.